The highest BCUT2D eigenvalue weighted by Gasteiger charge is 2.14. The molecule has 5 heteroatoms. The fraction of sp³-hybridized carbons (Fsp3) is 0.217. The molecule has 4 aromatic rings. The maximum Gasteiger partial charge on any atom is 0.161 e. The average molecular weight is 373 g/mol. The zero-order chi connectivity index (χ0) is 19.5. The van der Waals surface area contributed by atoms with Crippen molar-refractivity contribution in [3.05, 3.63) is 71.7 Å². The Morgan fingerprint density at radius 2 is 1.75 bits per heavy atom. The van der Waals surface area contributed by atoms with Crippen LogP contribution in [-0.2, 0) is 17.8 Å². The highest BCUT2D eigenvalue weighted by Crippen LogP contribution is 2.35. The molecule has 2 heterocycles. The van der Waals surface area contributed by atoms with Gasteiger partial charge < -0.3 is 14.2 Å². The molecular weight excluding hydrogens is 352 g/mol. The van der Waals surface area contributed by atoms with E-state index in [-0.39, 0.29) is 0 Å². The summed E-state index contributed by atoms with van der Waals surface area (Å²) in [7, 11) is 4.94. The maximum atomic E-state index is 5.51. The van der Waals surface area contributed by atoms with Gasteiger partial charge in [-0.05, 0) is 29.1 Å². The zero-order valence-corrected chi connectivity index (χ0v) is 16.2. The van der Waals surface area contributed by atoms with Gasteiger partial charge in [0, 0.05) is 42.3 Å². The van der Waals surface area contributed by atoms with Crippen LogP contribution in [0, 0.1) is 6.07 Å². The third kappa shape index (κ3) is 3.37. The summed E-state index contributed by atoms with van der Waals surface area (Å²) < 4.78 is 16.3. The van der Waals surface area contributed by atoms with E-state index in [1.54, 1.807) is 21.3 Å². The van der Waals surface area contributed by atoms with Crippen molar-refractivity contribution >= 4 is 21.7 Å². The van der Waals surface area contributed by atoms with Crippen LogP contribution in [0.2, 0.25) is 0 Å². The van der Waals surface area contributed by atoms with Crippen molar-refractivity contribution in [2.24, 2.45) is 0 Å². The summed E-state index contributed by atoms with van der Waals surface area (Å²) in [6, 6.07) is 17.2. The van der Waals surface area contributed by atoms with Gasteiger partial charge in [0.05, 0.1) is 32.0 Å². The summed E-state index contributed by atoms with van der Waals surface area (Å²) in [6.07, 6.45) is 2.55. The standard InChI is InChI=1S/C23H21N2O3/c1-26-14-21-19-12-23(28-3)22(27-2)11-18(19)16(13-24-21)10-17-9-8-15-6-4-5-7-20(15)25-17/h4-6,8-9,11-13H,10,14H2,1-3H3. The van der Waals surface area contributed by atoms with Crippen LogP contribution in [-0.4, -0.2) is 31.3 Å². The van der Waals surface area contributed by atoms with Crippen molar-refractivity contribution in [1.29, 1.82) is 0 Å². The van der Waals surface area contributed by atoms with E-state index < -0.39 is 0 Å². The molecule has 1 radical (unpaired) electrons. The minimum absolute atomic E-state index is 0.426. The van der Waals surface area contributed by atoms with Crippen molar-refractivity contribution < 1.29 is 14.2 Å². The van der Waals surface area contributed by atoms with Crippen molar-refractivity contribution in [2.45, 2.75) is 13.0 Å². The van der Waals surface area contributed by atoms with E-state index >= 15 is 0 Å². The lowest BCUT2D eigenvalue weighted by atomic mass is 10.00. The number of methoxy groups -OCH3 is 3. The second-order valence-electron chi connectivity index (χ2n) is 6.50. The van der Waals surface area contributed by atoms with E-state index in [9.17, 15) is 0 Å². The van der Waals surface area contributed by atoms with Gasteiger partial charge in [-0.1, -0.05) is 24.3 Å². The first kappa shape index (κ1) is 18.2. The van der Waals surface area contributed by atoms with Crippen LogP contribution >= 0.6 is 0 Å². The van der Waals surface area contributed by atoms with Gasteiger partial charge in [-0.15, -0.1) is 0 Å². The van der Waals surface area contributed by atoms with Gasteiger partial charge in [-0.2, -0.15) is 0 Å². The van der Waals surface area contributed by atoms with Gasteiger partial charge in [0.2, 0.25) is 0 Å². The van der Waals surface area contributed by atoms with E-state index in [1.165, 1.54) is 0 Å². The van der Waals surface area contributed by atoms with Crippen LogP contribution in [0.5, 0.6) is 11.5 Å². The van der Waals surface area contributed by atoms with Crippen LogP contribution < -0.4 is 9.47 Å². The fourth-order valence-electron chi connectivity index (χ4n) is 3.40. The molecule has 0 bridgehead atoms. The first-order valence-corrected chi connectivity index (χ1v) is 9.01. The van der Waals surface area contributed by atoms with Crippen LogP contribution in [0.1, 0.15) is 17.0 Å². The van der Waals surface area contributed by atoms with E-state index in [0.29, 0.717) is 24.5 Å². The van der Waals surface area contributed by atoms with Gasteiger partial charge in [-0.3, -0.25) is 9.97 Å². The molecule has 0 atom stereocenters. The van der Waals surface area contributed by atoms with E-state index in [1.807, 2.05) is 42.6 Å². The largest absolute Gasteiger partial charge is 0.493 e. The number of benzene rings is 2. The molecule has 0 N–H and O–H groups in total. The number of ether oxygens (including phenoxy) is 3. The first-order chi connectivity index (χ1) is 13.7. The lowest BCUT2D eigenvalue weighted by molar-refractivity contribution is 0.182. The molecule has 141 valence electrons. The molecule has 5 nitrogen and oxygen atoms in total. The lowest BCUT2D eigenvalue weighted by Crippen LogP contribution is -2.01. The highest BCUT2D eigenvalue weighted by molar-refractivity contribution is 5.91. The molecule has 0 unspecified atom stereocenters. The Bertz CT molecular complexity index is 1140. The molecule has 2 aromatic carbocycles. The van der Waals surface area contributed by atoms with Crippen molar-refractivity contribution in [1.82, 2.24) is 9.97 Å². The molecule has 0 fully saturated rings. The van der Waals surface area contributed by atoms with E-state index in [4.69, 9.17) is 19.2 Å². The second kappa shape index (κ2) is 7.82. The molecule has 4 rings (SSSR count). The predicted octanol–water partition coefficient (Wildman–Crippen LogP) is 4.34. The number of hydrogen-bond donors (Lipinski definition) is 0. The maximum absolute atomic E-state index is 5.51. The molecule has 0 aliphatic carbocycles. The van der Waals surface area contributed by atoms with Crippen molar-refractivity contribution in [3.8, 4) is 11.5 Å². The Kier molecular flexibility index (Phi) is 5.08. The lowest BCUT2D eigenvalue weighted by Gasteiger charge is -2.14. The minimum atomic E-state index is 0.426. The number of nitrogens with zero attached hydrogens (tertiary/aromatic N) is 2. The smallest absolute Gasteiger partial charge is 0.161 e. The third-order valence-electron chi connectivity index (χ3n) is 4.79. The summed E-state index contributed by atoms with van der Waals surface area (Å²) in [4.78, 5) is 9.38. The molecule has 2 aromatic heterocycles. The number of fused-ring (bicyclic) bond motifs is 2. The van der Waals surface area contributed by atoms with Gasteiger partial charge >= 0.3 is 0 Å². The quantitative estimate of drug-likeness (QED) is 0.503. The molecule has 0 aliphatic heterocycles. The number of aromatic nitrogens is 2. The Labute approximate surface area is 163 Å². The van der Waals surface area contributed by atoms with Gasteiger partial charge in [0.15, 0.2) is 11.5 Å². The zero-order valence-electron chi connectivity index (χ0n) is 16.2. The molecule has 0 saturated carbocycles. The number of rotatable bonds is 6. The first-order valence-electron chi connectivity index (χ1n) is 9.01. The van der Waals surface area contributed by atoms with E-state index in [0.717, 1.165) is 38.6 Å². The van der Waals surface area contributed by atoms with Gasteiger partial charge in [0.25, 0.3) is 0 Å². The summed E-state index contributed by atoms with van der Waals surface area (Å²) in [5.41, 5.74) is 3.76. The molecule has 0 spiro atoms. The predicted molar refractivity (Wildman–Crippen MR) is 109 cm³/mol. The molecule has 28 heavy (non-hydrogen) atoms. The second-order valence-corrected chi connectivity index (χ2v) is 6.50. The van der Waals surface area contributed by atoms with E-state index in [2.05, 4.69) is 17.1 Å². The number of para-hydroxylation sites is 1. The summed E-state index contributed by atoms with van der Waals surface area (Å²) in [6.45, 7) is 0.426. The minimum Gasteiger partial charge on any atom is -0.493 e. The topological polar surface area (TPSA) is 53.5 Å². The van der Waals surface area contributed by atoms with Crippen LogP contribution in [0.15, 0.2) is 48.7 Å². The summed E-state index contributed by atoms with van der Waals surface area (Å²) in [5.74, 6) is 1.36. The van der Waals surface area contributed by atoms with Crippen molar-refractivity contribution in [3.63, 3.8) is 0 Å². The molecular formula is C23H21N2O3. The third-order valence-corrected chi connectivity index (χ3v) is 4.79. The number of hydrogen-bond acceptors (Lipinski definition) is 5. The monoisotopic (exact) mass is 373 g/mol. The summed E-state index contributed by atoms with van der Waals surface area (Å²) >= 11 is 0. The fourth-order valence-corrected chi connectivity index (χ4v) is 3.40. The Morgan fingerprint density at radius 1 is 0.964 bits per heavy atom. The Balaban J connectivity index is 1.84. The summed E-state index contributed by atoms with van der Waals surface area (Å²) in [5, 5.41) is 3.12. The molecule has 0 aliphatic rings. The Hall–Kier alpha value is -3.18. The van der Waals surface area contributed by atoms with Gasteiger partial charge in [0.1, 0.15) is 0 Å². The highest BCUT2D eigenvalue weighted by atomic mass is 16.5. The Morgan fingerprint density at radius 3 is 2.50 bits per heavy atom. The van der Waals surface area contributed by atoms with Crippen LogP contribution in [0.3, 0.4) is 0 Å². The van der Waals surface area contributed by atoms with Crippen molar-refractivity contribution in [2.75, 3.05) is 21.3 Å². The molecule has 0 saturated heterocycles. The van der Waals surface area contributed by atoms with Gasteiger partial charge in [-0.25, -0.2) is 0 Å². The average Bonchev–Trinajstić information content (AvgIpc) is 2.74. The molecule has 0 amide bonds. The SMILES string of the molecule is COCc1ncc(Cc2ccc3ccc[c]c3n2)c2cc(OC)c(OC)cc12. The van der Waals surface area contributed by atoms with Crippen LogP contribution in [0.25, 0.3) is 21.7 Å². The number of pyridine rings is 2. The normalized spacial score (nSPS) is 11.1. The van der Waals surface area contributed by atoms with Crippen LogP contribution in [0.4, 0.5) is 0 Å².